The summed E-state index contributed by atoms with van der Waals surface area (Å²) in [6, 6.07) is 22.8. The number of nitrogens with zero attached hydrogens (tertiary/aromatic N) is 3. The van der Waals surface area contributed by atoms with Gasteiger partial charge < -0.3 is 14.8 Å². The van der Waals surface area contributed by atoms with Gasteiger partial charge in [-0.15, -0.1) is 0 Å². The number of carbonyl (C=O) groups excluding carboxylic acids is 2. The Morgan fingerprint density at radius 3 is 2.55 bits per heavy atom. The van der Waals surface area contributed by atoms with Crippen LogP contribution in [0, 0.1) is 11.7 Å². The van der Waals surface area contributed by atoms with Crippen molar-refractivity contribution in [1.29, 1.82) is 0 Å². The molecule has 3 aromatic carbocycles. The van der Waals surface area contributed by atoms with E-state index in [1.807, 2.05) is 59.2 Å². The highest BCUT2D eigenvalue weighted by atomic mass is 19.1. The summed E-state index contributed by atoms with van der Waals surface area (Å²) in [5, 5.41) is 3.10. The van der Waals surface area contributed by atoms with Gasteiger partial charge in [0, 0.05) is 25.2 Å². The molecule has 4 aromatic rings. The first-order valence-electron chi connectivity index (χ1n) is 10.9. The number of carbonyl (C=O) groups is 2. The largest absolute Gasteiger partial charge is 0.347 e. The van der Waals surface area contributed by atoms with Crippen molar-refractivity contribution in [2.45, 2.75) is 19.0 Å². The van der Waals surface area contributed by atoms with E-state index in [2.05, 4.69) is 10.3 Å². The highest BCUT2D eigenvalue weighted by molar-refractivity contribution is 6.00. The fourth-order valence-corrected chi connectivity index (χ4v) is 4.31. The molecule has 1 N–H and O–H groups in total. The molecule has 1 aliphatic heterocycles. The Morgan fingerprint density at radius 1 is 1.03 bits per heavy atom. The van der Waals surface area contributed by atoms with Crippen LogP contribution < -0.4 is 10.2 Å². The van der Waals surface area contributed by atoms with Crippen LogP contribution in [-0.4, -0.2) is 27.9 Å². The number of rotatable bonds is 6. The third-order valence-corrected chi connectivity index (χ3v) is 6.06. The molecular weight excluding hydrogens is 419 g/mol. The Labute approximate surface area is 190 Å². The molecule has 1 aliphatic rings. The van der Waals surface area contributed by atoms with Crippen molar-refractivity contribution in [3.63, 3.8) is 0 Å². The molecule has 2 heterocycles. The number of amides is 2. The molecule has 1 fully saturated rings. The Morgan fingerprint density at radius 2 is 1.76 bits per heavy atom. The first-order valence-corrected chi connectivity index (χ1v) is 10.9. The molecule has 2 amide bonds. The smallest absolute Gasteiger partial charge is 0.227 e. The van der Waals surface area contributed by atoms with Crippen LogP contribution in [0.4, 0.5) is 10.1 Å². The molecule has 0 aliphatic carbocycles. The second kappa shape index (κ2) is 8.86. The van der Waals surface area contributed by atoms with Gasteiger partial charge >= 0.3 is 0 Å². The van der Waals surface area contributed by atoms with E-state index in [1.165, 1.54) is 12.1 Å². The van der Waals surface area contributed by atoms with Gasteiger partial charge in [0.2, 0.25) is 11.8 Å². The number of hydrogen-bond acceptors (Lipinski definition) is 3. The summed E-state index contributed by atoms with van der Waals surface area (Å²) in [5.41, 5.74) is 3.39. The van der Waals surface area contributed by atoms with Crippen LogP contribution >= 0.6 is 0 Å². The van der Waals surface area contributed by atoms with E-state index in [0.29, 0.717) is 13.1 Å². The van der Waals surface area contributed by atoms with E-state index in [9.17, 15) is 14.0 Å². The van der Waals surface area contributed by atoms with Gasteiger partial charge in [-0.1, -0.05) is 42.5 Å². The predicted octanol–water partition coefficient (Wildman–Crippen LogP) is 4.09. The number of para-hydroxylation sites is 3. The summed E-state index contributed by atoms with van der Waals surface area (Å²) in [4.78, 5) is 31.9. The average Bonchev–Trinajstić information content (AvgIpc) is 3.43. The zero-order chi connectivity index (χ0) is 22.8. The second-order valence-electron chi connectivity index (χ2n) is 8.24. The lowest BCUT2D eigenvalue weighted by Crippen LogP contribution is -2.37. The summed E-state index contributed by atoms with van der Waals surface area (Å²) in [5.74, 6) is -1.06. The zero-order valence-corrected chi connectivity index (χ0v) is 17.9. The standard InChI is InChI=1S/C26H23FN4O2/c27-20-12-10-18(11-13-20)23(16-30-17-28-22-8-4-5-9-24(22)30)29-26(33)19-14-25(32)31(15-19)21-6-2-1-3-7-21/h1-13,17,19,23H,14-16H2,(H,29,33)/t19-,23-/m1/s1. The van der Waals surface area contributed by atoms with Crippen LogP contribution in [-0.2, 0) is 16.1 Å². The molecule has 1 aromatic heterocycles. The summed E-state index contributed by atoms with van der Waals surface area (Å²) < 4.78 is 15.5. The number of imidazole rings is 1. The lowest BCUT2D eigenvalue weighted by Gasteiger charge is -2.22. The highest BCUT2D eigenvalue weighted by Gasteiger charge is 2.36. The van der Waals surface area contributed by atoms with Gasteiger partial charge in [-0.2, -0.15) is 0 Å². The highest BCUT2D eigenvalue weighted by Crippen LogP contribution is 2.26. The molecule has 166 valence electrons. The molecule has 0 bridgehead atoms. The zero-order valence-electron chi connectivity index (χ0n) is 17.9. The van der Waals surface area contributed by atoms with Gasteiger partial charge in [0.25, 0.3) is 0 Å². The van der Waals surface area contributed by atoms with E-state index in [0.717, 1.165) is 22.3 Å². The molecule has 7 heteroatoms. The Balaban J connectivity index is 1.37. The number of aromatic nitrogens is 2. The lowest BCUT2D eigenvalue weighted by atomic mass is 10.0. The molecule has 0 radical (unpaired) electrons. The minimum Gasteiger partial charge on any atom is -0.347 e. The van der Waals surface area contributed by atoms with Crippen LogP contribution in [0.15, 0.2) is 85.2 Å². The first kappa shape index (κ1) is 20.9. The van der Waals surface area contributed by atoms with Crippen LogP contribution in [0.1, 0.15) is 18.0 Å². The summed E-state index contributed by atoms with van der Waals surface area (Å²) in [6.45, 7) is 0.764. The predicted molar refractivity (Wildman–Crippen MR) is 124 cm³/mol. The first-order chi connectivity index (χ1) is 16.1. The van der Waals surface area contributed by atoms with E-state index in [1.54, 1.807) is 23.4 Å². The lowest BCUT2D eigenvalue weighted by molar-refractivity contribution is -0.127. The molecule has 0 unspecified atom stereocenters. The second-order valence-corrected chi connectivity index (χ2v) is 8.24. The Kier molecular flexibility index (Phi) is 5.60. The van der Waals surface area contributed by atoms with Gasteiger partial charge in [-0.3, -0.25) is 9.59 Å². The van der Waals surface area contributed by atoms with E-state index in [4.69, 9.17) is 0 Å². The minimum atomic E-state index is -0.458. The number of halogens is 1. The quantitative estimate of drug-likeness (QED) is 0.489. The molecule has 0 spiro atoms. The van der Waals surface area contributed by atoms with E-state index in [-0.39, 0.29) is 24.1 Å². The maximum absolute atomic E-state index is 13.5. The number of hydrogen-bond donors (Lipinski definition) is 1. The molecule has 33 heavy (non-hydrogen) atoms. The topological polar surface area (TPSA) is 67.2 Å². The molecule has 0 saturated carbocycles. The SMILES string of the molecule is O=C(N[C@H](Cn1cnc2ccccc21)c1ccc(F)cc1)[C@@H]1CC(=O)N(c2ccccc2)C1. The number of fused-ring (bicyclic) bond motifs is 1. The monoisotopic (exact) mass is 442 g/mol. The number of benzene rings is 3. The summed E-state index contributed by atoms with van der Waals surface area (Å²) >= 11 is 0. The third-order valence-electron chi connectivity index (χ3n) is 6.06. The van der Waals surface area contributed by atoms with Gasteiger partial charge in [-0.05, 0) is 42.0 Å². The summed E-state index contributed by atoms with van der Waals surface area (Å²) in [7, 11) is 0. The van der Waals surface area contributed by atoms with Gasteiger partial charge in [0.1, 0.15) is 5.82 Å². The Bertz CT molecular complexity index is 1290. The van der Waals surface area contributed by atoms with Crippen molar-refractivity contribution in [2.75, 3.05) is 11.4 Å². The maximum atomic E-state index is 13.5. The van der Waals surface area contributed by atoms with Gasteiger partial charge in [-0.25, -0.2) is 9.37 Å². The maximum Gasteiger partial charge on any atom is 0.227 e. The van der Waals surface area contributed by atoms with Crippen molar-refractivity contribution in [1.82, 2.24) is 14.9 Å². The molecular formula is C26H23FN4O2. The van der Waals surface area contributed by atoms with E-state index < -0.39 is 12.0 Å². The molecule has 6 nitrogen and oxygen atoms in total. The van der Waals surface area contributed by atoms with Crippen LogP contribution in [0.5, 0.6) is 0 Å². The third kappa shape index (κ3) is 4.35. The van der Waals surface area contributed by atoms with Crippen molar-refractivity contribution in [2.24, 2.45) is 5.92 Å². The minimum absolute atomic E-state index is 0.0692. The number of anilines is 1. The van der Waals surface area contributed by atoms with Gasteiger partial charge in [0.15, 0.2) is 0 Å². The average molecular weight is 442 g/mol. The van der Waals surface area contributed by atoms with Crippen LogP contribution in [0.2, 0.25) is 0 Å². The van der Waals surface area contributed by atoms with Crippen molar-refractivity contribution in [3.05, 3.63) is 96.6 Å². The van der Waals surface area contributed by atoms with Gasteiger partial charge in [0.05, 0.1) is 29.3 Å². The van der Waals surface area contributed by atoms with Crippen LogP contribution in [0.25, 0.3) is 11.0 Å². The fraction of sp³-hybridized carbons (Fsp3) is 0.192. The molecule has 5 rings (SSSR count). The Hall–Kier alpha value is -4.00. The molecule has 1 saturated heterocycles. The summed E-state index contributed by atoms with van der Waals surface area (Å²) in [6.07, 6.45) is 1.90. The van der Waals surface area contributed by atoms with Crippen molar-refractivity contribution < 1.29 is 14.0 Å². The van der Waals surface area contributed by atoms with E-state index >= 15 is 0 Å². The molecule has 2 atom stereocenters. The number of nitrogens with one attached hydrogen (secondary N) is 1. The van der Waals surface area contributed by atoms with Crippen molar-refractivity contribution in [3.8, 4) is 0 Å². The van der Waals surface area contributed by atoms with Crippen molar-refractivity contribution >= 4 is 28.5 Å². The fourth-order valence-electron chi connectivity index (χ4n) is 4.31. The van der Waals surface area contributed by atoms with Crippen LogP contribution in [0.3, 0.4) is 0 Å². The normalized spacial score (nSPS) is 16.8.